The highest BCUT2D eigenvalue weighted by molar-refractivity contribution is 5.94. The third-order valence-corrected chi connectivity index (χ3v) is 6.43. The van der Waals surface area contributed by atoms with E-state index in [0.29, 0.717) is 25.2 Å². The number of carbonyl (C=O) groups excluding carboxylic acids is 3. The summed E-state index contributed by atoms with van der Waals surface area (Å²) in [7, 11) is 0. The van der Waals surface area contributed by atoms with Gasteiger partial charge in [-0.25, -0.2) is 0 Å². The van der Waals surface area contributed by atoms with Gasteiger partial charge in [0.1, 0.15) is 0 Å². The first kappa shape index (κ1) is 21.1. The van der Waals surface area contributed by atoms with E-state index in [1.165, 1.54) is 0 Å². The fourth-order valence-corrected chi connectivity index (χ4v) is 4.50. The van der Waals surface area contributed by atoms with Gasteiger partial charge in [-0.2, -0.15) is 0 Å². The molecule has 2 aromatic rings. The van der Waals surface area contributed by atoms with Crippen molar-refractivity contribution < 1.29 is 14.4 Å². The fourth-order valence-electron chi connectivity index (χ4n) is 4.50. The van der Waals surface area contributed by atoms with Crippen LogP contribution >= 0.6 is 0 Å². The molecule has 162 valence electrons. The van der Waals surface area contributed by atoms with Crippen LogP contribution in [0.4, 0.5) is 0 Å². The van der Waals surface area contributed by atoms with Gasteiger partial charge in [0.15, 0.2) is 0 Å². The SMILES string of the molecule is CC(c1ccccc1)N1CC(C(=O)NC2CCN(C(=O)c3ccccc3)CC2)CC1=O. The van der Waals surface area contributed by atoms with Crippen molar-refractivity contribution >= 4 is 17.7 Å². The van der Waals surface area contributed by atoms with Gasteiger partial charge in [-0.3, -0.25) is 14.4 Å². The van der Waals surface area contributed by atoms with E-state index in [2.05, 4.69) is 5.32 Å². The van der Waals surface area contributed by atoms with E-state index in [-0.39, 0.29) is 42.1 Å². The number of likely N-dealkylation sites (tertiary alicyclic amines) is 2. The van der Waals surface area contributed by atoms with Crippen molar-refractivity contribution in [1.29, 1.82) is 0 Å². The predicted octanol–water partition coefficient (Wildman–Crippen LogP) is 3.02. The molecule has 6 nitrogen and oxygen atoms in total. The number of hydrogen-bond donors (Lipinski definition) is 1. The molecule has 0 aromatic heterocycles. The highest BCUT2D eigenvalue weighted by Gasteiger charge is 2.38. The Labute approximate surface area is 183 Å². The van der Waals surface area contributed by atoms with Crippen molar-refractivity contribution in [3.8, 4) is 0 Å². The Kier molecular flexibility index (Phi) is 6.35. The molecular formula is C25H29N3O3. The average molecular weight is 420 g/mol. The Balaban J connectivity index is 1.28. The third kappa shape index (κ3) is 4.79. The standard InChI is InChI=1S/C25H29N3O3/c1-18(19-8-4-2-5-9-19)28-17-21(16-23(28)29)24(30)26-22-12-14-27(15-13-22)25(31)20-10-6-3-7-11-20/h2-11,18,21-22H,12-17H2,1H3,(H,26,30). The molecule has 4 rings (SSSR count). The molecule has 0 radical (unpaired) electrons. The maximum absolute atomic E-state index is 12.8. The lowest BCUT2D eigenvalue weighted by Gasteiger charge is -2.33. The zero-order valence-electron chi connectivity index (χ0n) is 17.9. The first-order chi connectivity index (χ1) is 15.0. The van der Waals surface area contributed by atoms with Gasteiger partial charge in [0.05, 0.1) is 12.0 Å². The van der Waals surface area contributed by atoms with Crippen LogP contribution in [0.15, 0.2) is 60.7 Å². The zero-order valence-corrected chi connectivity index (χ0v) is 17.9. The summed E-state index contributed by atoms with van der Waals surface area (Å²) < 4.78 is 0. The van der Waals surface area contributed by atoms with Crippen LogP contribution in [0.25, 0.3) is 0 Å². The summed E-state index contributed by atoms with van der Waals surface area (Å²) in [5.41, 5.74) is 1.77. The molecule has 2 heterocycles. The minimum Gasteiger partial charge on any atom is -0.353 e. The number of carbonyl (C=O) groups is 3. The van der Waals surface area contributed by atoms with E-state index in [4.69, 9.17) is 0 Å². The van der Waals surface area contributed by atoms with E-state index in [0.717, 1.165) is 18.4 Å². The van der Waals surface area contributed by atoms with Gasteiger partial charge in [-0.15, -0.1) is 0 Å². The van der Waals surface area contributed by atoms with E-state index in [1.807, 2.05) is 72.5 Å². The normalized spacial score (nSPS) is 20.5. The van der Waals surface area contributed by atoms with Gasteiger partial charge in [0.2, 0.25) is 11.8 Å². The maximum atomic E-state index is 12.8. The summed E-state index contributed by atoms with van der Waals surface area (Å²) in [5, 5.41) is 3.12. The molecule has 2 aromatic carbocycles. The molecule has 0 bridgehead atoms. The van der Waals surface area contributed by atoms with Crippen LogP contribution in [0.1, 0.15) is 48.1 Å². The molecule has 2 atom stereocenters. The second kappa shape index (κ2) is 9.33. The lowest BCUT2D eigenvalue weighted by Crippen LogP contribution is -2.48. The second-order valence-electron chi connectivity index (χ2n) is 8.47. The molecule has 0 spiro atoms. The van der Waals surface area contributed by atoms with E-state index >= 15 is 0 Å². The zero-order chi connectivity index (χ0) is 21.8. The van der Waals surface area contributed by atoms with Crippen LogP contribution in [0.2, 0.25) is 0 Å². The van der Waals surface area contributed by atoms with Crippen LogP contribution in [0, 0.1) is 5.92 Å². The first-order valence-corrected chi connectivity index (χ1v) is 11.0. The third-order valence-electron chi connectivity index (χ3n) is 6.43. The van der Waals surface area contributed by atoms with Gasteiger partial charge in [-0.1, -0.05) is 48.5 Å². The van der Waals surface area contributed by atoms with Crippen molar-refractivity contribution in [2.75, 3.05) is 19.6 Å². The molecule has 2 aliphatic heterocycles. The van der Waals surface area contributed by atoms with Crippen LogP contribution < -0.4 is 5.32 Å². The number of nitrogens with one attached hydrogen (secondary N) is 1. The molecule has 2 fully saturated rings. The van der Waals surface area contributed by atoms with Crippen molar-refractivity contribution in [3.05, 3.63) is 71.8 Å². The number of amides is 3. The van der Waals surface area contributed by atoms with Gasteiger partial charge >= 0.3 is 0 Å². The van der Waals surface area contributed by atoms with Gasteiger partial charge in [-0.05, 0) is 37.5 Å². The largest absolute Gasteiger partial charge is 0.353 e. The Morgan fingerprint density at radius 2 is 1.58 bits per heavy atom. The van der Waals surface area contributed by atoms with Crippen LogP contribution in [-0.2, 0) is 9.59 Å². The molecule has 0 saturated carbocycles. The molecule has 2 aliphatic rings. The average Bonchev–Trinajstić information content (AvgIpc) is 3.21. The van der Waals surface area contributed by atoms with E-state index in [9.17, 15) is 14.4 Å². The van der Waals surface area contributed by atoms with E-state index < -0.39 is 0 Å². The minimum absolute atomic E-state index is 0.0276. The van der Waals surface area contributed by atoms with Crippen molar-refractivity contribution in [1.82, 2.24) is 15.1 Å². The molecule has 2 unspecified atom stereocenters. The number of nitrogens with zero attached hydrogens (tertiary/aromatic N) is 2. The van der Waals surface area contributed by atoms with Gasteiger partial charge in [0, 0.05) is 37.7 Å². The van der Waals surface area contributed by atoms with Crippen LogP contribution in [-0.4, -0.2) is 53.2 Å². The Hall–Kier alpha value is -3.15. The highest BCUT2D eigenvalue weighted by atomic mass is 16.2. The molecule has 6 heteroatoms. The number of rotatable bonds is 5. The fraction of sp³-hybridized carbons (Fsp3) is 0.400. The molecule has 1 N–H and O–H groups in total. The molecule has 31 heavy (non-hydrogen) atoms. The lowest BCUT2D eigenvalue weighted by atomic mass is 10.0. The highest BCUT2D eigenvalue weighted by Crippen LogP contribution is 2.28. The predicted molar refractivity (Wildman–Crippen MR) is 118 cm³/mol. The maximum Gasteiger partial charge on any atom is 0.253 e. The Morgan fingerprint density at radius 1 is 0.968 bits per heavy atom. The molecule has 0 aliphatic carbocycles. The van der Waals surface area contributed by atoms with Crippen LogP contribution in [0.5, 0.6) is 0 Å². The van der Waals surface area contributed by atoms with Crippen molar-refractivity contribution in [2.45, 2.75) is 38.3 Å². The molecular weight excluding hydrogens is 390 g/mol. The summed E-state index contributed by atoms with van der Waals surface area (Å²) in [6, 6.07) is 19.2. The monoisotopic (exact) mass is 419 g/mol. The Morgan fingerprint density at radius 3 is 2.23 bits per heavy atom. The van der Waals surface area contributed by atoms with Crippen molar-refractivity contribution in [3.63, 3.8) is 0 Å². The summed E-state index contributed by atoms with van der Waals surface area (Å²) in [6.07, 6.45) is 1.72. The number of hydrogen-bond acceptors (Lipinski definition) is 3. The van der Waals surface area contributed by atoms with Gasteiger partial charge < -0.3 is 15.1 Å². The number of piperidine rings is 1. The number of benzene rings is 2. The first-order valence-electron chi connectivity index (χ1n) is 11.0. The topological polar surface area (TPSA) is 69.7 Å². The lowest BCUT2D eigenvalue weighted by molar-refractivity contribution is -0.130. The molecule has 2 saturated heterocycles. The van der Waals surface area contributed by atoms with Crippen LogP contribution in [0.3, 0.4) is 0 Å². The van der Waals surface area contributed by atoms with Crippen molar-refractivity contribution in [2.24, 2.45) is 5.92 Å². The summed E-state index contributed by atoms with van der Waals surface area (Å²) in [5.74, 6) is -0.302. The summed E-state index contributed by atoms with van der Waals surface area (Å²) in [6.45, 7) is 3.71. The summed E-state index contributed by atoms with van der Waals surface area (Å²) >= 11 is 0. The summed E-state index contributed by atoms with van der Waals surface area (Å²) in [4.78, 5) is 41.6. The molecule has 3 amide bonds. The minimum atomic E-state index is -0.317. The second-order valence-corrected chi connectivity index (χ2v) is 8.47. The van der Waals surface area contributed by atoms with E-state index in [1.54, 1.807) is 4.90 Å². The smallest absolute Gasteiger partial charge is 0.253 e. The Bertz CT molecular complexity index is 924. The van der Waals surface area contributed by atoms with Gasteiger partial charge in [0.25, 0.3) is 5.91 Å². The quantitative estimate of drug-likeness (QED) is 0.810.